The lowest BCUT2D eigenvalue weighted by Gasteiger charge is -2.40. The molecule has 1 fully saturated rings. The Morgan fingerprint density at radius 1 is 1.30 bits per heavy atom. The van der Waals surface area contributed by atoms with Gasteiger partial charge in [-0.1, -0.05) is 6.08 Å². The maximum absolute atomic E-state index is 13.1. The first-order chi connectivity index (χ1) is 15.4. The van der Waals surface area contributed by atoms with Gasteiger partial charge in [-0.05, 0) is 24.6 Å². The van der Waals surface area contributed by atoms with E-state index in [2.05, 4.69) is 15.6 Å². The number of dihydropyridines is 1. The molecule has 33 heavy (non-hydrogen) atoms. The number of hydrogen-bond donors (Lipinski definition) is 3. The number of hydrogen-bond acceptors (Lipinski definition) is 7. The summed E-state index contributed by atoms with van der Waals surface area (Å²) in [6.07, 6.45) is 1.35. The van der Waals surface area contributed by atoms with Crippen molar-refractivity contribution in [3.8, 4) is 0 Å². The molecule has 4 heterocycles. The van der Waals surface area contributed by atoms with Crippen LogP contribution in [0.15, 0.2) is 46.9 Å². The molecule has 1 saturated heterocycles. The van der Waals surface area contributed by atoms with E-state index < -0.39 is 40.5 Å². The number of sulfone groups is 1. The van der Waals surface area contributed by atoms with Gasteiger partial charge >= 0.3 is 12.2 Å². The molecule has 3 N–H and O–H groups in total. The van der Waals surface area contributed by atoms with E-state index in [1.807, 2.05) is 10.2 Å². The van der Waals surface area contributed by atoms with Gasteiger partial charge in [-0.3, -0.25) is 15.0 Å². The van der Waals surface area contributed by atoms with Crippen LogP contribution in [0.2, 0.25) is 0 Å². The van der Waals surface area contributed by atoms with Crippen LogP contribution in [0.5, 0.6) is 0 Å². The molecule has 1 aromatic heterocycles. The molecule has 0 spiro atoms. The predicted octanol–water partition coefficient (Wildman–Crippen LogP) is 0.782. The maximum atomic E-state index is 13.1. The Balaban J connectivity index is 1.52. The second-order valence-corrected chi connectivity index (χ2v) is 9.90. The van der Waals surface area contributed by atoms with Crippen LogP contribution in [-0.2, 0) is 14.6 Å². The third-order valence-corrected chi connectivity index (χ3v) is 6.55. The van der Waals surface area contributed by atoms with Crippen LogP contribution in [0.25, 0.3) is 0 Å². The highest BCUT2D eigenvalue weighted by atomic mass is 32.2. The van der Waals surface area contributed by atoms with Gasteiger partial charge < -0.3 is 15.5 Å². The average molecular weight is 486 g/mol. The molecule has 3 amide bonds. The summed E-state index contributed by atoms with van der Waals surface area (Å²) < 4.78 is 60.6. The van der Waals surface area contributed by atoms with Crippen LogP contribution >= 0.6 is 0 Å². The molecule has 1 aromatic rings. The molecular weight excluding hydrogens is 465 g/mol. The maximum Gasteiger partial charge on any atom is 0.405 e. The van der Waals surface area contributed by atoms with Gasteiger partial charge in [0.05, 0.1) is 16.6 Å². The second-order valence-electron chi connectivity index (χ2n) is 7.89. The molecule has 3 aliphatic rings. The first-order valence-corrected chi connectivity index (χ1v) is 11.9. The summed E-state index contributed by atoms with van der Waals surface area (Å²) in [5, 5.41) is 7.32. The molecule has 0 aromatic carbocycles. The van der Waals surface area contributed by atoms with Gasteiger partial charge in [0, 0.05) is 25.5 Å². The van der Waals surface area contributed by atoms with E-state index in [9.17, 15) is 31.2 Å². The molecule has 2 bridgehead atoms. The summed E-state index contributed by atoms with van der Waals surface area (Å²) >= 11 is 0. The highest BCUT2D eigenvalue weighted by Gasteiger charge is 2.43. The summed E-state index contributed by atoms with van der Waals surface area (Å²) in [7, 11) is -3.44. The number of rotatable bonds is 4. The zero-order valence-corrected chi connectivity index (χ0v) is 18.2. The number of fused-ring (bicyclic) bond motifs is 3. The van der Waals surface area contributed by atoms with Crippen LogP contribution in [0.4, 0.5) is 23.8 Å². The Labute approximate surface area is 187 Å². The lowest BCUT2D eigenvalue weighted by Crippen LogP contribution is -2.56. The summed E-state index contributed by atoms with van der Waals surface area (Å²) in [5.74, 6) is -0.439. The Morgan fingerprint density at radius 2 is 2.06 bits per heavy atom. The lowest BCUT2D eigenvalue weighted by atomic mass is 10.1. The molecule has 0 radical (unpaired) electrons. The minimum absolute atomic E-state index is 0.00157. The van der Waals surface area contributed by atoms with Crippen LogP contribution in [0, 0.1) is 0 Å². The number of carbonyl (C=O) groups is 2. The fourth-order valence-corrected chi connectivity index (χ4v) is 4.46. The minimum atomic E-state index is -4.54. The van der Waals surface area contributed by atoms with Crippen molar-refractivity contribution in [3.63, 3.8) is 0 Å². The average Bonchev–Trinajstić information content (AvgIpc) is 3.15. The van der Waals surface area contributed by atoms with Crippen molar-refractivity contribution in [2.24, 2.45) is 0 Å². The first-order valence-electron chi connectivity index (χ1n) is 9.97. The molecule has 10 nitrogen and oxygen atoms in total. The highest BCUT2D eigenvalue weighted by molar-refractivity contribution is 7.90. The number of alkyl halides is 3. The Bertz CT molecular complexity index is 1130. The standard InChI is InChI=1S/C19H21F3N6O4S/c1-33(31,32)12-2-5-15(23-8-12)26-18(30)28-11-6-7-27(9-11)14-4-3-13(25-16(14)28)17(29)24-10-19(20,21)22/h2-5,8,11,13,25H,6-7,9-10H2,1H3,(H,24,29)(H,23,26,30)/t11-,13?/m0/s1. The van der Waals surface area contributed by atoms with Crippen molar-refractivity contribution >= 4 is 27.6 Å². The summed E-state index contributed by atoms with van der Waals surface area (Å²) in [5.41, 5.74) is 0.652. The molecule has 2 atom stereocenters. The molecule has 3 aliphatic heterocycles. The van der Waals surface area contributed by atoms with Crippen molar-refractivity contribution in [2.45, 2.75) is 29.6 Å². The molecule has 0 aliphatic carbocycles. The van der Waals surface area contributed by atoms with Crippen molar-refractivity contribution < 1.29 is 31.2 Å². The number of anilines is 1. The molecule has 1 unspecified atom stereocenters. The summed E-state index contributed by atoms with van der Waals surface area (Å²) in [4.78, 5) is 32.8. The lowest BCUT2D eigenvalue weighted by molar-refractivity contribution is -0.138. The number of carbonyl (C=O) groups excluding carboxylic acids is 2. The number of nitrogens with one attached hydrogen (secondary N) is 3. The molecule has 4 rings (SSSR count). The van der Waals surface area contributed by atoms with Crippen LogP contribution in [0.1, 0.15) is 6.42 Å². The third kappa shape index (κ3) is 4.89. The van der Waals surface area contributed by atoms with E-state index in [-0.39, 0.29) is 16.8 Å². The van der Waals surface area contributed by atoms with E-state index in [1.54, 1.807) is 6.08 Å². The normalized spacial score (nSPS) is 22.1. The van der Waals surface area contributed by atoms with E-state index in [1.165, 1.54) is 23.1 Å². The zero-order chi connectivity index (χ0) is 24.0. The first kappa shape index (κ1) is 22.9. The van der Waals surface area contributed by atoms with E-state index in [4.69, 9.17) is 0 Å². The summed E-state index contributed by atoms with van der Waals surface area (Å²) in [6.45, 7) is -0.229. The SMILES string of the molecule is CS(=O)(=O)c1ccc(NC(=O)N2C3=C(C=CC(C(=O)NCC(F)(F)F)N3)N3CC[C@H]2C3)nc1. The fraction of sp³-hybridized carbons (Fsp3) is 0.421. The smallest absolute Gasteiger partial charge is 0.366 e. The number of amides is 3. The largest absolute Gasteiger partial charge is 0.405 e. The molecule has 178 valence electrons. The van der Waals surface area contributed by atoms with Crippen molar-refractivity contribution in [3.05, 3.63) is 42.0 Å². The van der Waals surface area contributed by atoms with Gasteiger partial charge in [0.2, 0.25) is 5.91 Å². The molecule has 0 saturated carbocycles. The third-order valence-electron chi connectivity index (χ3n) is 5.46. The number of urea groups is 1. The summed E-state index contributed by atoms with van der Waals surface area (Å²) in [6, 6.07) is 0.796. The van der Waals surface area contributed by atoms with Crippen molar-refractivity contribution in [1.82, 2.24) is 25.4 Å². The van der Waals surface area contributed by atoms with Gasteiger partial charge in [-0.25, -0.2) is 18.2 Å². The van der Waals surface area contributed by atoms with Crippen molar-refractivity contribution in [2.75, 3.05) is 31.2 Å². The van der Waals surface area contributed by atoms with Gasteiger partial charge in [0.1, 0.15) is 24.2 Å². The van der Waals surface area contributed by atoms with E-state index >= 15 is 0 Å². The van der Waals surface area contributed by atoms with Gasteiger partial charge in [0.25, 0.3) is 0 Å². The van der Waals surface area contributed by atoms with E-state index in [0.717, 1.165) is 12.5 Å². The fourth-order valence-electron chi connectivity index (χ4n) is 3.90. The van der Waals surface area contributed by atoms with Gasteiger partial charge in [0.15, 0.2) is 9.84 Å². The zero-order valence-electron chi connectivity index (χ0n) is 17.4. The van der Waals surface area contributed by atoms with Gasteiger partial charge in [-0.2, -0.15) is 13.2 Å². The monoisotopic (exact) mass is 486 g/mol. The number of pyridine rings is 1. The molecule has 14 heteroatoms. The number of halogens is 3. The topological polar surface area (TPSA) is 124 Å². The van der Waals surface area contributed by atoms with Crippen LogP contribution in [0.3, 0.4) is 0 Å². The quantitative estimate of drug-likeness (QED) is 0.575. The Kier molecular flexibility index (Phi) is 5.72. The van der Waals surface area contributed by atoms with Crippen molar-refractivity contribution in [1.29, 1.82) is 0 Å². The molecular formula is C19H21F3N6O4S. The Morgan fingerprint density at radius 3 is 2.70 bits per heavy atom. The number of nitrogens with zero attached hydrogens (tertiary/aromatic N) is 3. The van der Waals surface area contributed by atoms with Crippen LogP contribution in [-0.4, -0.2) is 79.3 Å². The Hall–Kier alpha value is -3.29. The number of allylic oxidation sites excluding steroid dienone is 1. The van der Waals surface area contributed by atoms with E-state index in [0.29, 0.717) is 31.0 Å². The van der Waals surface area contributed by atoms with Gasteiger partial charge in [-0.15, -0.1) is 0 Å². The second kappa shape index (κ2) is 8.24. The highest BCUT2D eigenvalue weighted by Crippen LogP contribution is 2.33. The van der Waals surface area contributed by atoms with Crippen LogP contribution < -0.4 is 16.0 Å². The minimum Gasteiger partial charge on any atom is -0.366 e. The predicted molar refractivity (Wildman–Crippen MR) is 110 cm³/mol. The number of aromatic nitrogens is 1.